The maximum absolute atomic E-state index is 11.8. The molecule has 1 aromatic carbocycles. The van der Waals surface area contributed by atoms with Crippen molar-refractivity contribution >= 4 is 5.97 Å². The Labute approximate surface area is 156 Å². The van der Waals surface area contributed by atoms with Crippen LogP contribution in [0.15, 0.2) is 53.1 Å². The molecule has 2 atom stereocenters. The van der Waals surface area contributed by atoms with Crippen molar-refractivity contribution in [3.05, 3.63) is 60.0 Å². The van der Waals surface area contributed by atoms with Crippen LogP contribution in [0, 0.1) is 5.92 Å². The molecule has 7 nitrogen and oxygen atoms in total. The fourth-order valence-corrected chi connectivity index (χ4v) is 3.77. The molecular formula is C20H21N3O4. The molecule has 2 aromatic heterocycles. The van der Waals surface area contributed by atoms with E-state index in [1.165, 1.54) is 0 Å². The van der Waals surface area contributed by atoms with Crippen molar-refractivity contribution in [1.82, 2.24) is 15.1 Å². The van der Waals surface area contributed by atoms with E-state index >= 15 is 0 Å². The normalized spacial score (nSPS) is 20.0. The second kappa shape index (κ2) is 7.28. The lowest BCUT2D eigenvalue weighted by molar-refractivity contribution is -0.141. The van der Waals surface area contributed by atoms with E-state index in [0.717, 1.165) is 28.5 Å². The summed E-state index contributed by atoms with van der Waals surface area (Å²) >= 11 is 0. The van der Waals surface area contributed by atoms with Crippen LogP contribution in [-0.4, -0.2) is 46.4 Å². The number of furan rings is 1. The Morgan fingerprint density at radius 1 is 1.30 bits per heavy atom. The van der Waals surface area contributed by atoms with Crippen molar-refractivity contribution in [2.24, 2.45) is 5.92 Å². The molecule has 0 bridgehead atoms. The zero-order chi connectivity index (χ0) is 18.8. The van der Waals surface area contributed by atoms with E-state index in [2.05, 4.69) is 15.1 Å². The summed E-state index contributed by atoms with van der Waals surface area (Å²) < 4.78 is 11.3. The number of likely N-dealkylation sites (tertiary alicyclic amines) is 1. The Kier molecular flexibility index (Phi) is 4.68. The molecule has 0 spiro atoms. The lowest BCUT2D eigenvalue weighted by atomic mass is 9.88. The van der Waals surface area contributed by atoms with Gasteiger partial charge in [-0.15, -0.1) is 0 Å². The highest BCUT2D eigenvalue weighted by Crippen LogP contribution is 2.38. The predicted molar refractivity (Wildman–Crippen MR) is 98.4 cm³/mol. The standard InChI is InChI=1S/C20H21N3O4/c1-26-18-5-3-2-4-14(18)15-11-23(12-16(15)20(24)25)10-13-6-7-19(27-13)17-8-9-21-22-17/h2-9,15-16H,10-12H2,1H3,(H,21,22)(H,24,25)/t15-,16+/m0/s1. The first-order valence-corrected chi connectivity index (χ1v) is 8.82. The molecule has 27 heavy (non-hydrogen) atoms. The first kappa shape index (κ1) is 17.4. The van der Waals surface area contributed by atoms with Crippen molar-refractivity contribution in [2.75, 3.05) is 20.2 Å². The topological polar surface area (TPSA) is 91.6 Å². The van der Waals surface area contributed by atoms with Crippen LogP contribution < -0.4 is 4.74 Å². The molecule has 3 aromatic rings. The van der Waals surface area contributed by atoms with Crippen LogP contribution in [0.2, 0.25) is 0 Å². The van der Waals surface area contributed by atoms with Gasteiger partial charge < -0.3 is 14.3 Å². The second-order valence-corrected chi connectivity index (χ2v) is 6.72. The summed E-state index contributed by atoms with van der Waals surface area (Å²) in [5, 5.41) is 16.5. The van der Waals surface area contributed by atoms with Gasteiger partial charge in [0.05, 0.1) is 19.6 Å². The van der Waals surface area contributed by atoms with E-state index in [9.17, 15) is 9.90 Å². The number of rotatable bonds is 6. The number of hydrogen-bond acceptors (Lipinski definition) is 5. The highest BCUT2D eigenvalue weighted by atomic mass is 16.5. The number of nitrogens with one attached hydrogen (secondary N) is 1. The molecule has 0 radical (unpaired) electrons. The number of carbonyl (C=O) groups is 1. The molecule has 140 valence electrons. The summed E-state index contributed by atoms with van der Waals surface area (Å²) in [6.45, 7) is 1.67. The summed E-state index contributed by atoms with van der Waals surface area (Å²) in [4.78, 5) is 14.0. The number of nitrogens with zero attached hydrogens (tertiary/aromatic N) is 2. The van der Waals surface area contributed by atoms with E-state index in [-0.39, 0.29) is 5.92 Å². The SMILES string of the molecule is COc1ccccc1[C@@H]1CN(Cc2ccc(-c3ccn[nH]3)o2)C[C@H]1C(=O)O. The van der Waals surface area contributed by atoms with E-state index in [0.29, 0.717) is 19.6 Å². The Morgan fingerprint density at radius 2 is 2.15 bits per heavy atom. The Bertz CT molecular complexity index is 919. The average molecular weight is 367 g/mol. The molecule has 2 N–H and O–H groups in total. The van der Waals surface area contributed by atoms with Gasteiger partial charge in [0.25, 0.3) is 0 Å². The van der Waals surface area contributed by atoms with Gasteiger partial charge >= 0.3 is 5.97 Å². The van der Waals surface area contributed by atoms with E-state index < -0.39 is 11.9 Å². The van der Waals surface area contributed by atoms with Crippen molar-refractivity contribution in [3.8, 4) is 17.2 Å². The van der Waals surface area contributed by atoms with Crippen molar-refractivity contribution < 1.29 is 19.1 Å². The van der Waals surface area contributed by atoms with Gasteiger partial charge in [0, 0.05) is 25.2 Å². The number of aromatic amines is 1. The van der Waals surface area contributed by atoms with Crippen LogP contribution in [0.25, 0.3) is 11.5 Å². The maximum Gasteiger partial charge on any atom is 0.308 e. The Morgan fingerprint density at radius 3 is 2.89 bits per heavy atom. The van der Waals surface area contributed by atoms with Crippen LogP contribution in [0.1, 0.15) is 17.2 Å². The zero-order valence-electron chi connectivity index (χ0n) is 15.0. The van der Waals surface area contributed by atoms with Gasteiger partial charge in [-0.2, -0.15) is 5.10 Å². The monoisotopic (exact) mass is 367 g/mol. The molecule has 0 aliphatic carbocycles. The lowest BCUT2D eigenvalue weighted by Crippen LogP contribution is -2.23. The smallest absolute Gasteiger partial charge is 0.308 e. The van der Waals surface area contributed by atoms with E-state index in [1.807, 2.05) is 42.5 Å². The van der Waals surface area contributed by atoms with E-state index in [1.54, 1.807) is 13.3 Å². The maximum atomic E-state index is 11.8. The number of hydrogen-bond donors (Lipinski definition) is 2. The van der Waals surface area contributed by atoms with Crippen molar-refractivity contribution in [2.45, 2.75) is 12.5 Å². The predicted octanol–water partition coefficient (Wildman–Crippen LogP) is 2.98. The summed E-state index contributed by atoms with van der Waals surface area (Å²) in [7, 11) is 1.61. The van der Waals surface area contributed by atoms with Gasteiger partial charge in [0.15, 0.2) is 5.76 Å². The minimum absolute atomic E-state index is 0.124. The van der Waals surface area contributed by atoms with Crippen LogP contribution in [0.5, 0.6) is 5.75 Å². The number of aliphatic carboxylic acids is 1. The van der Waals surface area contributed by atoms with Crippen LogP contribution in [0.4, 0.5) is 0 Å². The van der Waals surface area contributed by atoms with Gasteiger partial charge in [-0.05, 0) is 29.8 Å². The van der Waals surface area contributed by atoms with Crippen molar-refractivity contribution in [1.29, 1.82) is 0 Å². The van der Waals surface area contributed by atoms with Crippen LogP contribution in [-0.2, 0) is 11.3 Å². The fourth-order valence-electron chi connectivity index (χ4n) is 3.77. The third-order valence-corrected chi connectivity index (χ3v) is 5.06. The van der Waals surface area contributed by atoms with Gasteiger partial charge in [-0.1, -0.05) is 18.2 Å². The summed E-state index contributed by atoms with van der Waals surface area (Å²) in [5.41, 5.74) is 1.76. The molecule has 3 heterocycles. The third kappa shape index (κ3) is 3.46. The minimum Gasteiger partial charge on any atom is -0.496 e. The molecule has 7 heteroatoms. The third-order valence-electron chi connectivity index (χ3n) is 5.06. The van der Waals surface area contributed by atoms with Crippen LogP contribution in [0.3, 0.4) is 0 Å². The van der Waals surface area contributed by atoms with Gasteiger partial charge in [-0.25, -0.2) is 0 Å². The highest BCUT2D eigenvalue weighted by molar-refractivity contribution is 5.72. The molecule has 1 saturated heterocycles. The fraction of sp³-hybridized carbons (Fsp3) is 0.300. The molecule has 0 unspecified atom stereocenters. The summed E-state index contributed by atoms with van der Waals surface area (Å²) in [5.74, 6) is 0.854. The summed E-state index contributed by atoms with van der Waals surface area (Å²) in [6, 6.07) is 13.3. The molecule has 4 rings (SSSR count). The van der Waals surface area contributed by atoms with Gasteiger partial charge in [-0.3, -0.25) is 14.8 Å². The lowest BCUT2D eigenvalue weighted by Gasteiger charge is -2.18. The number of H-pyrrole nitrogens is 1. The number of ether oxygens (including phenoxy) is 1. The molecule has 0 saturated carbocycles. The number of carboxylic acids is 1. The number of benzene rings is 1. The Balaban J connectivity index is 1.53. The van der Waals surface area contributed by atoms with Gasteiger partial charge in [0.1, 0.15) is 17.2 Å². The quantitative estimate of drug-likeness (QED) is 0.696. The number of aromatic nitrogens is 2. The molecule has 1 aliphatic heterocycles. The largest absolute Gasteiger partial charge is 0.496 e. The highest BCUT2D eigenvalue weighted by Gasteiger charge is 2.39. The number of para-hydroxylation sites is 1. The average Bonchev–Trinajstić information content (AvgIpc) is 3.42. The van der Waals surface area contributed by atoms with Crippen molar-refractivity contribution in [3.63, 3.8) is 0 Å². The minimum atomic E-state index is -0.786. The van der Waals surface area contributed by atoms with Gasteiger partial charge in [0.2, 0.25) is 0 Å². The first-order valence-electron chi connectivity index (χ1n) is 8.82. The molecule has 1 aliphatic rings. The molecule has 1 fully saturated rings. The Hall–Kier alpha value is -3.06. The zero-order valence-corrected chi connectivity index (χ0v) is 15.0. The summed E-state index contributed by atoms with van der Waals surface area (Å²) in [6.07, 6.45) is 1.67. The molecular weight excluding hydrogens is 346 g/mol. The second-order valence-electron chi connectivity index (χ2n) is 6.72. The molecule has 0 amide bonds. The van der Waals surface area contributed by atoms with Crippen LogP contribution >= 0.6 is 0 Å². The number of methoxy groups -OCH3 is 1. The number of carboxylic acid groups (broad SMARTS) is 1. The first-order chi connectivity index (χ1) is 13.2. The van der Waals surface area contributed by atoms with E-state index in [4.69, 9.17) is 9.15 Å².